The number of hydrogen-bond donors (Lipinski definition) is 2. The molecule has 4 heteroatoms. The molecule has 94 valence electrons. The maximum atomic E-state index is 10.6. The molecule has 17 heavy (non-hydrogen) atoms. The number of primary amides is 1. The maximum absolute atomic E-state index is 10.6. The Morgan fingerprint density at radius 3 is 2.65 bits per heavy atom. The lowest BCUT2D eigenvalue weighted by Gasteiger charge is -2.18. The highest BCUT2D eigenvalue weighted by molar-refractivity contribution is 5.73. The first-order valence-corrected chi connectivity index (χ1v) is 5.90. The molecule has 1 amide bonds. The van der Waals surface area contributed by atoms with Crippen LogP contribution in [0.25, 0.3) is 0 Å². The summed E-state index contributed by atoms with van der Waals surface area (Å²) in [7, 11) is 4.04. The minimum absolute atomic E-state index is 0.223. The predicted molar refractivity (Wildman–Crippen MR) is 72.3 cm³/mol. The van der Waals surface area contributed by atoms with Crippen LogP contribution in [0.3, 0.4) is 0 Å². The summed E-state index contributed by atoms with van der Waals surface area (Å²) in [4.78, 5) is 12.6. The number of unbranched alkanes of at least 4 members (excludes halogenated alkanes) is 1. The Balaban J connectivity index is 2.38. The summed E-state index contributed by atoms with van der Waals surface area (Å²) < 4.78 is 0. The number of carbonyl (C=O) groups is 1. The van der Waals surface area contributed by atoms with Crippen molar-refractivity contribution < 1.29 is 4.79 Å². The van der Waals surface area contributed by atoms with E-state index in [2.05, 4.69) is 22.3 Å². The fourth-order valence-corrected chi connectivity index (χ4v) is 1.66. The normalized spacial score (nSPS) is 10.0. The van der Waals surface area contributed by atoms with Crippen molar-refractivity contribution in [2.45, 2.75) is 19.3 Å². The molecule has 1 aromatic rings. The van der Waals surface area contributed by atoms with Crippen LogP contribution in [0.15, 0.2) is 24.3 Å². The Hall–Kier alpha value is -1.71. The van der Waals surface area contributed by atoms with Gasteiger partial charge in [-0.05, 0) is 25.0 Å². The SMILES string of the molecule is CN(C)c1ccccc1NCCCCC(N)=O. The molecule has 0 aliphatic rings. The monoisotopic (exact) mass is 235 g/mol. The highest BCUT2D eigenvalue weighted by Crippen LogP contribution is 2.23. The van der Waals surface area contributed by atoms with Crippen LogP contribution in [0.4, 0.5) is 11.4 Å². The van der Waals surface area contributed by atoms with Crippen LogP contribution in [0.2, 0.25) is 0 Å². The van der Waals surface area contributed by atoms with Crippen molar-refractivity contribution >= 4 is 17.3 Å². The Kier molecular flexibility index (Phi) is 5.33. The van der Waals surface area contributed by atoms with E-state index in [1.54, 1.807) is 0 Å². The Morgan fingerprint density at radius 1 is 1.29 bits per heavy atom. The number of anilines is 2. The topological polar surface area (TPSA) is 58.4 Å². The van der Waals surface area contributed by atoms with Gasteiger partial charge < -0.3 is 16.0 Å². The molecule has 3 N–H and O–H groups in total. The van der Waals surface area contributed by atoms with Gasteiger partial charge in [-0.3, -0.25) is 4.79 Å². The molecule has 0 radical (unpaired) electrons. The van der Waals surface area contributed by atoms with E-state index in [1.165, 1.54) is 5.69 Å². The van der Waals surface area contributed by atoms with Crippen LogP contribution in [0.5, 0.6) is 0 Å². The summed E-state index contributed by atoms with van der Waals surface area (Å²) in [5.74, 6) is -0.223. The lowest BCUT2D eigenvalue weighted by atomic mass is 10.2. The molecule has 0 aliphatic heterocycles. The average molecular weight is 235 g/mol. The van der Waals surface area contributed by atoms with Gasteiger partial charge in [-0.1, -0.05) is 12.1 Å². The van der Waals surface area contributed by atoms with Crippen molar-refractivity contribution in [3.8, 4) is 0 Å². The summed E-state index contributed by atoms with van der Waals surface area (Å²) in [5.41, 5.74) is 7.37. The van der Waals surface area contributed by atoms with Gasteiger partial charge in [0.15, 0.2) is 0 Å². The Morgan fingerprint density at radius 2 is 2.00 bits per heavy atom. The number of amides is 1. The van der Waals surface area contributed by atoms with Crippen molar-refractivity contribution in [3.63, 3.8) is 0 Å². The van der Waals surface area contributed by atoms with Gasteiger partial charge in [0.2, 0.25) is 5.91 Å². The third kappa shape index (κ3) is 4.76. The number of hydrogen-bond acceptors (Lipinski definition) is 3. The zero-order valence-electron chi connectivity index (χ0n) is 10.6. The predicted octanol–water partition coefficient (Wildman–Crippen LogP) is 1.82. The van der Waals surface area contributed by atoms with Gasteiger partial charge >= 0.3 is 0 Å². The van der Waals surface area contributed by atoms with Crippen molar-refractivity contribution in [2.24, 2.45) is 5.73 Å². The van der Waals surface area contributed by atoms with E-state index in [0.29, 0.717) is 6.42 Å². The molecule has 0 unspecified atom stereocenters. The van der Waals surface area contributed by atoms with Crippen LogP contribution < -0.4 is 16.0 Å². The number of nitrogens with zero attached hydrogens (tertiary/aromatic N) is 1. The number of para-hydroxylation sites is 2. The highest BCUT2D eigenvalue weighted by atomic mass is 16.1. The van der Waals surface area contributed by atoms with Gasteiger partial charge in [-0.15, -0.1) is 0 Å². The standard InChI is InChI=1S/C13H21N3O/c1-16(2)12-8-4-3-7-11(12)15-10-6-5-9-13(14)17/h3-4,7-8,15H,5-6,9-10H2,1-2H3,(H2,14,17). The highest BCUT2D eigenvalue weighted by Gasteiger charge is 2.02. The lowest BCUT2D eigenvalue weighted by Crippen LogP contribution is -2.13. The van der Waals surface area contributed by atoms with Crippen LogP contribution in [0, 0.1) is 0 Å². The van der Waals surface area contributed by atoms with Crippen LogP contribution >= 0.6 is 0 Å². The Labute approximate surface area is 103 Å². The molecule has 4 nitrogen and oxygen atoms in total. The summed E-state index contributed by atoms with van der Waals surface area (Å²) in [6.45, 7) is 0.859. The molecule has 0 aromatic heterocycles. The summed E-state index contributed by atoms with van der Waals surface area (Å²) in [6, 6.07) is 8.17. The maximum Gasteiger partial charge on any atom is 0.217 e. The fraction of sp³-hybridized carbons (Fsp3) is 0.462. The number of carbonyl (C=O) groups excluding carboxylic acids is 1. The molecular formula is C13H21N3O. The van der Waals surface area contributed by atoms with Gasteiger partial charge in [-0.2, -0.15) is 0 Å². The van der Waals surface area contributed by atoms with E-state index in [9.17, 15) is 4.79 Å². The largest absolute Gasteiger partial charge is 0.383 e. The lowest BCUT2D eigenvalue weighted by molar-refractivity contribution is -0.118. The minimum atomic E-state index is -0.223. The quantitative estimate of drug-likeness (QED) is 0.709. The molecule has 1 aromatic carbocycles. The van der Waals surface area contributed by atoms with Crippen LogP contribution in [-0.4, -0.2) is 26.5 Å². The molecule has 0 heterocycles. The van der Waals surface area contributed by atoms with Crippen molar-refractivity contribution in [2.75, 3.05) is 30.9 Å². The molecule has 0 atom stereocenters. The third-order valence-electron chi connectivity index (χ3n) is 2.55. The second-order valence-electron chi connectivity index (χ2n) is 4.26. The number of benzene rings is 1. The molecule has 0 aliphatic carbocycles. The molecule has 0 fully saturated rings. The summed E-state index contributed by atoms with van der Waals surface area (Å²) >= 11 is 0. The number of nitrogens with one attached hydrogen (secondary N) is 1. The number of nitrogens with two attached hydrogens (primary N) is 1. The molecule has 0 saturated carbocycles. The zero-order valence-corrected chi connectivity index (χ0v) is 10.6. The van der Waals surface area contributed by atoms with E-state index < -0.39 is 0 Å². The van der Waals surface area contributed by atoms with Crippen molar-refractivity contribution in [1.82, 2.24) is 0 Å². The van der Waals surface area contributed by atoms with E-state index in [0.717, 1.165) is 25.1 Å². The molecular weight excluding hydrogens is 214 g/mol. The average Bonchev–Trinajstić information content (AvgIpc) is 2.28. The zero-order chi connectivity index (χ0) is 12.7. The van der Waals surface area contributed by atoms with Gasteiger partial charge in [0.1, 0.15) is 0 Å². The first kappa shape index (κ1) is 13.4. The van der Waals surface area contributed by atoms with Gasteiger partial charge in [0.05, 0.1) is 11.4 Å². The van der Waals surface area contributed by atoms with Gasteiger partial charge in [0.25, 0.3) is 0 Å². The van der Waals surface area contributed by atoms with Gasteiger partial charge in [-0.25, -0.2) is 0 Å². The summed E-state index contributed by atoms with van der Waals surface area (Å²) in [6.07, 6.45) is 2.26. The second-order valence-corrected chi connectivity index (χ2v) is 4.26. The van der Waals surface area contributed by atoms with Crippen molar-refractivity contribution in [3.05, 3.63) is 24.3 Å². The van der Waals surface area contributed by atoms with E-state index in [1.807, 2.05) is 26.2 Å². The molecule has 0 spiro atoms. The summed E-state index contributed by atoms with van der Waals surface area (Å²) in [5, 5.41) is 3.37. The van der Waals surface area contributed by atoms with E-state index in [-0.39, 0.29) is 5.91 Å². The first-order valence-electron chi connectivity index (χ1n) is 5.90. The van der Waals surface area contributed by atoms with Crippen molar-refractivity contribution in [1.29, 1.82) is 0 Å². The van der Waals surface area contributed by atoms with Crippen LogP contribution in [0.1, 0.15) is 19.3 Å². The molecule has 1 rings (SSSR count). The van der Waals surface area contributed by atoms with E-state index >= 15 is 0 Å². The third-order valence-corrected chi connectivity index (χ3v) is 2.55. The smallest absolute Gasteiger partial charge is 0.217 e. The fourth-order valence-electron chi connectivity index (χ4n) is 1.66. The second kappa shape index (κ2) is 6.78. The van der Waals surface area contributed by atoms with Crippen LogP contribution in [-0.2, 0) is 4.79 Å². The Bertz CT molecular complexity index is 363. The number of rotatable bonds is 7. The molecule has 0 saturated heterocycles. The minimum Gasteiger partial charge on any atom is -0.383 e. The first-order chi connectivity index (χ1) is 8.11. The van der Waals surface area contributed by atoms with Gasteiger partial charge in [0, 0.05) is 27.1 Å². The van der Waals surface area contributed by atoms with E-state index in [4.69, 9.17) is 5.73 Å². The molecule has 0 bridgehead atoms.